The molecule has 0 aliphatic carbocycles. The molecule has 5 rings (SSSR count). The molecule has 2 N–H and O–H groups in total. The number of rotatable bonds is 4. The Bertz CT molecular complexity index is 1520. The predicted molar refractivity (Wildman–Crippen MR) is 111 cm³/mol. The van der Waals surface area contributed by atoms with E-state index < -0.39 is 23.3 Å². The van der Waals surface area contributed by atoms with Gasteiger partial charge in [-0.25, -0.2) is 18.6 Å². The second kappa shape index (κ2) is 7.21. The molecule has 2 aromatic heterocycles. The molecule has 9 heteroatoms. The van der Waals surface area contributed by atoms with Gasteiger partial charge in [0.15, 0.2) is 5.58 Å². The summed E-state index contributed by atoms with van der Waals surface area (Å²) in [4.78, 5) is 31.7. The lowest BCUT2D eigenvalue weighted by molar-refractivity contribution is -0.116. The predicted octanol–water partition coefficient (Wildman–Crippen LogP) is 4.05. The number of nitrogens with one attached hydrogen (secondary N) is 2. The maximum Gasteiger partial charge on any atom is 0.420 e. The second-order valence-electron chi connectivity index (χ2n) is 6.91. The topological polar surface area (TPSA) is 92.9 Å². The number of anilines is 1. The molecule has 2 heterocycles. The van der Waals surface area contributed by atoms with Crippen molar-refractivity contribution >= 4 is 33.7 Å². The third kappa shape index (κ3) is 3.46. The summed E-state index contributed by atoms with van der Waals surface area (Å²) in [6.07, 6.45) is 0. The molecule has 3 aromatic carbocycles. The van der Waals surface area contributed by atoms with E-state index in [1.54, 1.807) is 42.5 Å². The number of para-hydroxylation sites is 2. The lowest BCUT2D eigenvalue weighted by Crippen LogP contribution is -2.24. The number of halogens is 2. The highest BCUT2D eigenvalue weighted by Crippen LogP contribution is 2.25. The molecule has 154 valence electrons. The maximum atomic E-state index is 14.0. The van der Waals surface area contributed by atoms with Crippen LogP contribution in [0.5, 0.6) is 0 Å². The third-order valence-corrected chi connectivity index (χ3v) is 4.82. The number of aromatic amines is 1. The van der Waals surface area contributed by atoms with Gasteiger partial charge in [0, 0.05) is 5.69 Å². The first-order valence-corrected chi connectivity index (χ1v) is 9.31. The number of oxazole rings is 1. The van der Waals surface area contributed by atoms with Crippen molar-refractivity contribution in [2.45, 2.75) is 6.54 Å². The van der Waals surface area contributed by atoms with E-state index in [0.717, 1.165) is 18.2 Å². The van der Waals surface area contributed by atoms with E-state index >= 15 is 0 Å². The summed E-state index contributed by atoms with van der Waals surface area (Å²) < 4.78 is 33.9. The quantitative estimate of drug-likeness (QED) is 0.459. The van der Waals surface area contributed by atoms with Gasteiger partial charge in [-0.3, -0.25) is 9.36 Å². The average Bonchev–Trinajstić information content (AvgIpc) is 3.30. The van der Waals surface area contributed by atoms with Gasteiger partial charge in [0.1, 0.15) is 24.0 Å². The van der Waals surface area contributed by atoms with Crippen LogP contribution < -0.4 is 11.1 Å². The molecule has 5 aromatic rings. The average molecular weight is 420 g/mol. The van der Waals surface area contributed by atoms with E-state index in [1.165, 1.54) is 4.57 Å². The number of carbonyl (C=O) groups is 1. The van der Waals surface area contributed by atoms with Gasteiger partial charge in [-0.15, -0.1) is 0 Å². The van der Waals surface area contributed by atoms with Crippen molar-refractivity contribution in [3.63, 3.8) is 0 Å². The van der Waals surface area contributed by atoms with Gasteiger partial charge in [-0.1, -0.05) is 12.1 Å². The summed E-state index contributed by atoms with van der Waals surface area (Å²) in [5.41, 5.74) is 2.43. The van der Waals surface area contributed by atoms with Crippen molar-refractivity contribution in [3.05, 3.63) is 82.8 Å². The molecule has 0 saturated carbocycles. The lowest BCUT2D eigenvalue weighted by Gasteiger charge is -2.05. The number of nitrogens with zero attached hydrogens (tertiary/aromatic N) is 2. The van der Waals surface area contributed by atoms with Gasteiger partial charge < -0.3 is 14.7 Å². The van der Waals surface area contributed by atoms with Gasteiger partial charge in [0.25, 0.3) is 0 Å². The molecular formula is C22H14F2N4O3. The molecule has 0 unspecified atom stereocenters. The van der Waals surface area contributed by atoms with Crippen LogP contribution in [0.25, 0.3) is 33.5 Å². The van der Waals surface area contributed by atoms with E-state index in [0.29, 0.717) is 27.8 Å². The van der Waals surface area contributed by atoms with Crippen molar-refractivity contribution in [3.8, 4) is 11.4 Å². The summed E-state index contributed by atoms with van der Waals surface area (Å²) in [6.45, 7) is -0.226. The Morgan fingerprint density at radius 2 is 1.94 bits per heavy atom. The van der Waals surface area contributed by atoms with Crippen LogP contribution in [0.1, 0.15) is 0 Å². The number of H-pyrrole nitrogens is 1. The molecular weight excluding hydrogens is 406 g/mol. The summed E-state index contributed by atoms with van der Waals surface area (Å²) in [5.74, 6) is -2.06. The van der Waals surface area contributed by atoms with Crippen molar-refractivity contribution in [1.82, 2.24) is 14.5 Å². The molecule has 0 aliphatic rings. The minimum atomic E-state index is -0.623. The number of carbonyl (C=O) groups excluding carboxylic acids is 1. The Kier molecular flexibility index (Phi) is 4.36. The largest absolute Gasteiger partial charge is 0.420 e. The lowest BCUT2D eigenvalue weighted by atomic mass is 10.2. The summed E-state index contributed by atoms with van der Waals surface area (Å²) in [6, 6.07) is 14.8. The summed E-state index contributed by atoms with van der Waals surface area (Å²) in [5, 5.41) is 2.71. The Balaban J connectivity index is 1.40. The van der Waals surface area contributed by atoms with Crippen LogP contribution in [0, 0.1) is 11.6 Å². The molecule has 1 amide bonds. The first-order valence-electron chi connectivity index (χ1n) is 9.31. The minimum absolute atomic E-state index is 0.00740. The molecule has 7 nitrogen and oxygen atoms in total. The van der Waals surface area contributed by atoms with Gasteiger partial charge in [0.2, 0.25) is 5.91 Å². The molecule has 0 aliphatic heterocycles. The van der Waals surface area contributed by atoms with E-state index in [1.807, 2.05) is 0 Å². The number of fused-ring (bicyclic) bond motifs is 2. The second-order valence-corrected chi connectivity index (χ2v) is 6.91. The van der Waals surface area contributed by atoms with Gasteiger partial charge >= 0.3 is 5.76 Å². The zero-order chi connectivity index (χ0) is 21.5. The fourth-order valence-electron chi connectivity index (χ4n) is 3.40. The molecule has 31 heavy (non-hydrogen) atoms. The van der Waals surface area contributed by atoms with Crippen LogP contribution in [0.4, 0.5) is 14.5 Å². The van der Waals surface area contributed by atoms with Crippen molar-refractivity contribution in [1.29, 1.82) is 0 Å². The van der Waals surface area contributed by atoms with Gasteiger partial charge in [0.05, 0.1) is 22.1 Å². The molecule has 0 atom stereocenters. The van der Waals surface area contributed by atoms with Crippen molar-refractivity contribution < 1.29 is 18.0 Å². The van der Waals surface area contributed by atoms with Crippen LogP contribution in [0.3, 0.4) is 0 Å². The molecule has 0 spiro atoms. The van der Waals surface area contributed by atoms with Gasteiger partial charge in [-0.05, 0) is 48.5 Å². The summed E-state index contributed by atoms with van der Waals surface area (Å²) in [7, 11) is 0. The number of amides is 1. The third-order valence-electron chi connectivity index (χ3n) is 4.82. The zero-order valence-electron chi connectivity index (χ0n) is 15.9. The number of benzene rings is 3. The van der Waals surface area contributed by atoms with Crippen molar-refractivity contribution in [2.24, 2.45) is 0 Å². The Hall–Kier alpha value is -4.27. The Labute approximate surface area is 172 Å². The van der Waals surface area contributed by atoms with E-state index in [4.69, 9.17) is 4.42 Å². The monoisotopic (exact) mass is 420 g/mol. The molecule has 0 saturated heterocycles. The Morgan fingerprint density at radius 1 is 1.10 bits per heavy atom. The standard InChI is InChI=1S/C22H14F2N4O3/c23-12-5-7-15(24)14(9-12)21-26-16-8-6-13(10-17(16)27-21)25-20(29)11-28-18-3-1-2-4-19(18)31-22(28)30/h1-10H,11H2,(H,25,29)(H,26,27). The fourth-order valence-corrected chi connectivity index (χ4v) is 3.40. The molecule has 0 bridgehead atoms. The smallest absolute Gasteiger partial charge is 0.408 e. The number of hydrogen-bond acceptors (Lipinski definition) is 4. The number of aromatic nitrogens is 3. The highest BCUT2D eigenvalue weighted by atomic mass is 19.1. The minimum Gasteiger partial charge on any atom is -0.408 e. The normalized spacial score (nSPS) is 11.3. The molecule has 0 radical (unpaired) electrons. The van der Waals surface area contributed by atoms with Crippen LogP contribution in [-0.2, 0) is 11.3 Å². The maximum absolute atomic E-state index is 14.0. The van der Waals surface area contributed by atoms with Crippen LogP contribution in [-0.4, -0.2) is 20.4 Å². The van der Waals surface area contributed by atoms with Crippen LogP contribution >= 0.6 is 0 Å². The highest BCUT2D eigenvalue weighted by Gasteiger charge is 2.14. The summed E-state index contributed by atoms with van der Waals surface area (Å²) >= 11 is 0. The van der Waals surface area contributed by atoms with Crippen molar-refractivity contribution in [2.75, 3.05) is 5.32 Å². The highest BCUT2D eigenvalue weighted by molar-refractivity contribution is 5.94. The SMILES string of the molecule is O=C(Cn1c(=O)oc2ccccc21)Nc1ccc2nc(-c3cc(F)ccc3F)[nH]c2c1. The molecule has 0 fully saturated rings. The van der Waals surface area contributed by atoms with Crippen LogP contribution in [0.15, 0.2) is 69.9 Å². The van der Waals surface area contributed by atoms with E-state index in [9.17, 15) is 18.4 Å². The first kappa shape index (κ1) is 18.7. The van der Waals surface area contributed by atoms with Gasteiger partial charge in [-0.2, -0.15) is 0 Å². The number of hydrogen-bond donors (Lipinski definition) is 2. The zero-order valence-corrected chi connectivity index (χ0v) is 15.9. The van der Waals surface area contributed by atoms with E-state index in [-0.39, 0.29) is 17.9 Å². The first-order chi connectivity index (χ1) is 15.0. The van der Waals surface area contributed by atoms with E-state index in [2.05, 4.69) is 15.3 Å². The fraction of sp³-hybridized carbons (Fsp3) is 0.0455. The van der Waals surface area contributed by atoms with Crippen LogP contribution in [0.2, 0.25) is 0 Å². The Morgan fingerprint density at radius 3 is 2.81 bits per heavy atom. The number of imidazole rings is 1.